The smallest absolute Gasteiger partial charge is 0.319 e. The van der Waals surface area contributed by atoms with Crippen LogP contribution in [0.1, 0.15) is 0 Å². The molecule has 0 aliphatic rings. The fourth-order valence-electron chi connectivity index (χ4n) is 1.97. The van der Waals surface area contributed by atoms with E-state index in [4.69, 9.17) is 0 Å². The van der Waals surface area contributed by atoms with Crippen LogP contribution in [0, 0.1) is 15.9 Å². The minimum atomic E-state index is -3.98. The summed E-state index contributed by atoms with van der Waals surface area (Å²) in [6.07, 6.45) is 0. The van der Waals surface area contributed by atoms with E-state index in [1.807, 2.05) is 0 Å². The van der Waals surface area contributed by atoms with Gasteiger partial charge in [0.25, 0.3) is 5.69 Å². The molecule has 0 spiro atoms. The van der Waals surface area contributed by atoms with E-state index in [0.29, 0.717) is 4.47 Å². The Morgan fingerprint density at radius 2 is 1.93 bits per heavy atom. The Labute approximate surface area is 162 Å². The third-order valence-corrected chi connectivity index (χ3v) is 5.17. The van der Waals surface area contributed by atoms with Gasteiger partial charge in [0.05, 0.1) is 15.5 Å². The summed E-state index contributed by atoms with van der Waals surface area (Å²) in [4.78, 5) is 21.5. The van der Waals surface area contributed by atoms with E-state index in [9.17, 15) is 27.7 Å². The molecule has 2 aromatic carbocycles. The number of carbonyl (C=O) groups is 1. The van der Waals surface area contributed by atoms with Crippen molar-refractivity contribution in [1.82, 2.24) is 10.0 Å². The van der Waals surface area contributed by atoms with Gasteiger partial charge < -0.3 is 10.6 Å². The van der Waals surface area contributed by atoms with Crippen molar-refractivity contribution < 1.29 is 22.5 Å². The minimum Gasteiger partial charge on any atom is -0.337 e. The van der Waals surface area contributed by atoms with Gasteiger partial charge in [-0.25, -0.2) is 22.3 Å². The highest BCUT2D eigenvalue weighted by Gasteiger charge is 2.17. The van der Waals surface area contributed by atoms with Gasteiger partial charge in [-0.3, -0.25) is 10.1 Å². The van der Waals surface area contributed by atoms with Gasteiger partial charge >= 0.3 is 6.03 Å². The van der Waals surface area contributed by atoms with E-state index < -0.39 is 26.8 Å². The number of urea groups is 1. The highest BCUT2D eigenvalue weighted by atomic mass is 79.9. The molecule has 0 aliphatic carbocycles. The first-order chi connectivity index (χ1) is 12.7. The number of hydrogen-bond acceptors (Lipinski definition) is 5. The highest BCUT2D eigenvalue weighted by molar-refractivity contribution is 9.10. The standard InChI is InChI=1S/C15H14BrFN4O5S/c16-10-4-5-14(13(17)8-10)20-15(22)18-6-7-19-27(25,26)12-3-1-2-11(9-12)21(23)24/h1-5,8-9,19H,6-7H2,(H2,18,20,22). The summed E-state index contributed by atoms with van der Waals surface area (Å²) < 4.78 is 40.5. The van der Waals surface area contributed by atoms with Gasteiger partial charge in [-0.1, -0.05) is 22.0 Å². The number of rotatable bonds is 7. The maximum Gasteiger partial charge on any atom is 0.319 e. The average Bonchev–Trinajstić information content (AvgIpc) is 2.61. The minimum absolute atomic E-state index is 0.0344. The van der Waals surface area contributed by atoms with Crippen molar-refractivity contribution in [2.24, 2.45) is 0 Å². The van der Waals surface area contributed by atoms with E-state index in [-0.39, 0.29) is 29.4 Å². The van der Waals surface area contributed by atoms with Crippen molar-refractivity contribution in [3.8, 4) is 0 Å². The van der Waals surface area contributed by atoms with Crippen molar-refractivity contribution in [1.29, 1.82) is 0 Å². The lowest BCUT2D eigenvalue weighted by Crippen LogP contribution is -2.36. The Morgan fingerprint density at radius 3 is 2.59 bits per heavy atom. The van der Waals surface area contributed by atoms with Crippen LogP contribution in [0.4, 0.5) is 20.6 Å². The number of halogens is 2. The average molecular weight is 461 g/mol. The molecule has 0 aromatic heterocycles. The molecule has 0 saturated carbocycles. The number of carbonyl (C=O) groups excluding carboxylic acids is 1. The molecule has 3 N–H and O–H groups in total. The van der Waals surface area contributed by atoms with E-state index in [1.54, 1.807) is 6.07 Å². The Bertz CT molecular complexity index is 970. The first-order valence-electron chi connectivity index (χ1n) is 7.43. The molecule has 2 aromatic rings. The normalized spacial score (nSPS) is 11.0. The summed E-state index contributed by atoms with van der Waals surface area (Å²) in [5.74, 6) is -0.633. The molecule has 0 bridgehead atoms. The summed E-state index contributed by atoms with van der Waals surface area (Å²) in [6.45, 7) is -0.251. The second kappa shape index (κ2) is 8.88. The number of anilines is 1. The van der Waals surface area contributed by atoms with Crippen molar-refractivity contribution in [2.45, 2.75) is 4.90 Å². The molecule has 0 saturated heterocycles. The van der Waals surface area contributed by atoms with Crippen LogP contribution >= 0.6 is 15.9 Å². The van der Waals surface area contributed by atoms with E-state index in [1.165, 1.54) is 30.3 Å². The molecular formula is C15H14BrFN4O5S. The molecule has 0 fully saturated rings. The molecule has 0 unspecified atom stereocenters. The second-order valence-electron chi connectivity index (χ2n) is 5.16. The number of benzene rings is 2. The van der Waals surface area contributed by atoms with E-state index in [2.05, 4.69) is 31.3 Å². The van der Waals surface area contributed by atoms with Crippen molar-refractivity contribution in [3.05, 3.63) is 62.9 Å². The van der Waals surface area contributed by atoms with Crippen LogP contribution in [0.5, 0.6) is 0 Å². The van der Waals surface area contributed by atoms with Crippen LogP contribution in [-0.2, 0) is 10.0 Å². The van der Waals surface area contributed by atoms with Gasteiger partial charge in [0.2, 0.25) is 10.0 Å². The third kappa shape index (κ3) is 5.98. The quantitative estimate of drug-likeness (QED) is 0.332. The van der Waals surface area contributed by atoms with Gasteiger partial charge in [-0.2, -0.15) is 0 Å². The Hall–Kier alpha value is -2.57. The molecule has 2 rings (SSSR count). The Kier molecular flexibility index (Phi) is 6.82. The highest BCUT2D eigenvalue weighted by Crippen LogP contribution is 2.19. The van der Waals surface area contributed by atoms with Crippen molar-refractivity contribution in [2.75, 3.05) is 18.4 Å². The van der Waals surface area contributed by atoms with E-state index in [0.717, 1.165) is 6.07 Å². The monoisotopic (exact) mass is 460 g/mol. The van der Waals surface area contributed by atoms with Crippen LogP contribution in [-0.4, -0.2) is 32.5 Å². The summed E-state index contributed by atoms with van der Waals surface area (Å²) >= 11 is 3.09. The maximum absolute atomic E-state index is 13.6. The summed E-state index contributed by atoms with van der Waals surface area (Å²) in [5.41, 5.74) is -0.389. The molecule has 2 amide bonds. The van der Waals surface area contributed by atoms with Crippen molar-refractivity contribution >= 4 is 43.4 Å². The predicted molar refractivity (Wildman–Crippen MR) is 99.4 cm³/mol. The Morgan fingerprint density at radius 1 is 1.19 bits per heavy atom. The largest absolute Gasteiger partial charge is 0.337 e. The first-order valence-corrected chi connectivity index (χ1v) is 9.71. The zero-order chi connectivity index (χ0) is 20.0. The lowest BCUT2D eigenvalue weighted by atomic mass is 10.3. The number of nitrogens with one attached hydrogen (secondary N) is 3. The predicted octanol–water partition coefficient (Wildman–Crippen LogP) is 2.60. The van der Waals surface area contributed by atoms with Gasteiger partial charge in [-0.15, -0.1) is 0 Å². The number of nitrogens with zero attached hydrogens (tertiary/aromatic N) is 1. The van der Waals surface area contributed by atoms with Gasteiger partial charge in [0.15, 0.2) is 0 Å². The Balaban J connectivity index is 1.85. The number of sulfonamides is 1. The van der Waals surface area contributed by atoms with Crippen LogP contribution < -0.4 is 15.4 Å². The number of nitro benzene ring substituents is 1. The fourth-order valence-corrected chi connectivity index (χ4v) is 3.37. The molecule has 144 valence electrons. The first kappa shape index (κ1) is 20.7. The number of amides is 2. The second-order valence-corrected chi connectivity index (χ2v) is 7.84. The molecule has 0 heterocycles. The van der Waals surface area contributed by atoms with Gasteiger partial charge in [-0.05, 0) is 24.3 Å². The zero-order valence-electron chi connectivity index (χ0n) is 13.6. The van der Waals surface area contributed by atoms with Crippen LogP contribution in [0.25, 0.3) is 0 Å². The molecule has 0 atom stereocenters. The van der Waals surface area contributed by atoms with Gasteiger partial charge in [0.1, 0.15) is 5.82 Å². The molecule has 9 nitrogen and oxygen atoms in total. The van der Waals surface area contributed by atoms with Crippen LogP contribution in [0.15, 0.2) is 51.8 Å². The van der Waals surface area contributed by atoms with E-state index >= 15 is 0 Å². The van der Waals surface area contributed by atoms with Gasteiger partial charge in [0, 0.05) is 29.7 Å². The summed E-state index contributed by atoms with van der Waals surface area (Å²) in [5, 5.41) is 15.4. The molecule has 27 heavy (non-hydrogen) atoms. The lowest BCUT2D eigenvalue weighted by molar-refractivity contribution is -0.385. The SMILES string of the molecule is O=C(NCCNS(=O)(=O)c1cccc([N+](=O)[O-])c1)Nc1ccc(Br)cc1F. The van der Waals surface area contributed by atoms with Crippen molar-refractivity contribution in [3.63, 3.8) is 0 Å². The van der Waals surface area contributed by atoms with Crippen LogP contribution in [0.3, 0.4) is 0 Å². The molecular weight excluding hydrogens is 447 g/mol. The summed E-state index contributed by atoms with van der Waals surface area (Å²) in [6, 6.07) is 7.95. The zero-order valence-corrected chi connectivity index (χ0v) is 16.0. The molecule has 0 aliphatic heterocycles. The lowest BCUT2D eigenvalue weighted by Gasteiger charge is -2.10. The molecule has 12 heteroatoms. The summed E-state index contributed by atoms with van der Waals surface area (Å²) in [7, 11) is -3.98. The number of hydrogen-bond donors (Lipinski definition) is 3. The fraction of sp³-hybridized carbons (Fsp3) is 0.133. The maximum atomic E-state index is 13.6. The topological polar surface area (TPSA) is 130 Å². The number of nitro groups is 1. The van der Waals surface area contributed by atoms with Crippen LogP contribution in [0.2, 0.25) is 0 Å². The number of non-ortho nitro benzene ring substituents is 1. The third-order valence-electron chi connectivity index (χ3n) is 3.22. The molecule has 0 radical (unpaired) electrons.